The molecule has 2 aliphatic heterocycles. The van der Waals surface area contributed by atoms with Gasteiger partial charge in [-0.3, -0.25) is 4.90 Å². The van der Waals surface area contributed by atoms with Gasteiger partial charge in [0.05, 0.1) is 7.11 Å². The van der Waals surface area contributed by atoms with Crippen molar-refractivity contribution < 1.29 is 29.4 Å². The van der Waals surface area contributed by atoms with Gasteiger partial charge in [0, 0.05) is 12.6 Å². The van der Waals surface area contributed by atoms with Gasteiger partial charge in [0.2, 0.25) is 12.5 Å². The van der Waals surface area contributed by atoms with E-state index in [2.05, 4.69) is 33.9 Å². The van der Waals surface area contributed by atoms with Crippen molar-refractivity contribution in [3.63, 3.8) is 0 Å². The van der Waals surface area contributed by atoms with Crippen LogP contribution < -0.4 is 19.1 Å². The lowest BCUT2D eigenvalue weighted by Crippen LogP contribution is -2.23. The molecule has 0 saturated carbocycles. The Morgan fingerprint density at radius 2 is 1.96 bits per heavy atom. The second-order valence-corrected chi connectivity index (χ2v) is 6.72. The number of nitrogens with zero attached hydrogens (tertiary/aromatic N) is 1. The number of hydrogen-bond donors (Lipinski definition) is 1. The van der Waals surface area contributed by atoms with Crippen molar-refractivity contribution in [1.82, 2.24) is 4.90 Å². The van der Waals surface area contributed by atoms with Crippen molar-refractivity contribution >= 4 is 0 Å². The third-order valence-electron chi connectivity index (χ3n) is 5.36. The van der Waals surface area contributed by atoms with Crippen LogP contribution in [0.25, 0.3) is 0 Å². The van der Waals surface area contributed by atoms with Gasteiger partial charge in [-0.15, -0.1) is 0 Å². The molecule has 0 aromatic heterocycles. The molecule has 1 N–H and O–H groups in total. The fourth-order valence-electron chi connectivity index (χ4n) is 4.02. The zero-order chi connectivity index (χ0) is 18.8. The molecule has 2 heterocycles. The Balaban J connectivity index is 1.58. The first kappa shape index (κ1) is 17.9. The van der Waals surface area contributed by atoms with Crippen LogP contribution in [0.5, 0.6) is 23.0 Å². The second kappa shape index (κ2) is 7.64. The van der Waals surface area contributed by atoms with Crippen molar-refractivity contribution in [3.8, 4) is 23.0 Å². The molecule has 1 saturated heterocycles. The van der Waals surface area contributed by atoms with Crippen LogP contribution >= 0.6 is 0 Å². The third kappa shape index (κ3) is 3.41. The van der Waals surface area contributed by atoms with Gasteiger partial charge in [0.1, 0.15) is 0 Å². The molecular weight excluding hydrogens is 350 g/mol. The fraction of sp³-hybridized carbons (Fsp3) is 0.400. The normalized spacial score (nSPS) is 21.4. The highest BCUT2D eigenvalue weighted by Gasteiger charge is 2.34. The first-order valence-electron chi connectivity index (χ1n) is 9.03. The number of rotatable bonds is 6. The minimum absolute atomic E-state index is 0.232. The molecule has 0 bridgehead atoms. The topological polar surface area (TPSA) is 69.6 Å². The summed E-state index contributed by atoms with van der Waals surface area (Å²) in [6, 6.07) is 12.0. The Kier molecular flexibility index (Phi) is 5.07. The van der Waals surface area contributed by atoms with Gasteiger partial charge >= 0.3 is 0 Å². The molecule has 0 radical (unpaired) electrons. The van der Waals surface area contributed by atoms with Crippen LogP contribution in [0.4, 0.5) is 0 Å². The Morgan fingerprint density at radius 1 is 1.15 bits per heavy atom. The first-order chi connectivity index (χ1) is 13.2. The van der Waals surface area contributed by atoms with Gasteiger partial charge in [0.15, 0.2) is 17.2 Å². The molecule has 7 nitrogen and oxygen atoms in total. The van der Waals surface area contributed by atoms with Gasteiger partial charge < -0.3 is 19.1 Å². The van der Waals surface area contributed by atoms with Crippen LogP contribution in [0.3, 0.4) is 0 Å². The standard InChI is InChI=1S/C20H23NO6/c1-3-21-11-15(8-17(21)13-4-6-16(7-5-13)26-27-22)14-9-18(23-2)20-19(10-14)24-12-25-20/h4-7,9-10,15,17,22H,3,8,11-12H2,1-2H3/t15-,17-/m1/s1. The number of fused-ring (bicyclic) bond motifs is 1. The van der Waals surface area contributed by atoms with Crippen LogP contribution in [-0.2, 0) is 5.04 Å². The summed E-state index contributed by atoms with van der Waals surface area (Å²) >= 11 is 0. The summed E-state index contributed by atoms with van der Waals surface area (Å²) < 4.78 is 16.6. The van der Waals surface area contributed by atoms with E-state index < -0.39 is 0 Å². The van der Waals surface area contributed by atoms with Gasteiger partial charge in [-0.25, -0.2) is 5.26 Å². The Labute approximate surface area is 157 Å². The van der Waals surface area contributed by atoms with Gasteiger partial charge in [-0.2, -0.15) is 0 Å². The molecule has 27 heavy (non-hydrogen) atoms. The molecule has 7 heteroatoms. The summed E-state index contributed by atoms with van der Waals surface area (Å²) in [6.45, 7) is 4.32. The van der Waals surface area contributed by atoms with Crippen LogP contribution in [0.1, 0.15) is 36.4 Å². The lowest BCUT2D eigenvalue weighted by Gasteiger charge is -2.22. The number of benzene rings is 2. The van der Waals surface area contributed by atoms with Crippen molar-refractivity contribution in [1.29, 1.82) is 0 Å². The lowest BCUT2D eigenvalue weighted by atomic mass is 9.93. The number of hydrogen-bond acceptors (Lipinski definition) is 7. The Hall–Kier alpha value is -2.48. The third-order valence-corrected chi connectivity index (χ3v) is 5.36. The summed E-state index contributed by atoms with van der Waals surface area (Å²) in [5.74, 6) is 2.98. The highest BCUT2D eigenvalue weighted by Crippen LogP contribution is 2.47. The summed E-state index contributed by atoms with van der Waals surface area (Å²) in [7, 11) is 1.65. The van der Waals surface area contributed by atoms with Crippen molar-refractivity contribution in [2.24, 2.45) is 0 Å². The summed E-state index contributed by atoms with van der Waals surface area (Å²) in [6.07, 6.45) is 0.993. The van der Waals surface area contributed by atoms with Gasteiger partial charge in [-0.05, 0) is 59.3 Å². The highest BCUT2D eigenvalue weighted by molar-refractivity contribution is 5.56. The minimum Gasteiger partial charge on any atom is -0.493 e. The highest BCUT2D eigenvalue weighted by atomic mass is 17.5. The van der Waals surface area contributed by atoms with Crippen LogP contribution in [0, 0.1) is 0 Å². The van der Waals surface area contributed by atoms with E-state index in [0.717, 1.165) is 31.0 Å². The molecule has 0 unspecified atom stereocenters. The molecule has 4 rings (SSSR count). The first-order valence-corrected chi connectivity index (χ1v) is 9.03. The minimum atomic E-state index is 0.232. The molecular formula is C20H23NO6. The SMILES string of the molecule is CCN1C[C@H](c2cc(OC)c3c(c2)OCO3)C[C@@H]1c1ccc(OOO)cc1. The zero-order valence-electron chi connectivity index (χ0n) is 15.4. The van der Waals surface area contributed by atoms with E-state index in [9.17, 15) is 0 Å². The summed E-state index contributed by atoms with van der Waals surface area (Å²) in [5.41, 5.74) is 2.41. The Bertz CT molecular complexity index is 794. The average molecular weight is 373 g/mol. The van der Waals surface area contributed by atoms with E-state index in [1.165, 1.54) is 11.1 Å². The quantitative estimate of drug-likeness (QED) is 0.611. The van der Waals surface area contributed by atoms with E-state index in [0.29, 0.717) is 23.5 Å². The van der Waals surface area contributed by atoms with Crippen molar-refractivity contribution in [2.75, 3.05) is 27.0 Å². The van der Waals surface area contributed by atoms with E-state index in [1.54, 1.807) is 19.2 Å². The summed E-state index contributed by atoms with van der Waals surface area (Å²) in [4.78, 5) is 7.10. The molecule has 144 valence electrons. The molecule has 2 aromatic carbocycles. The Morgan fingerprint density at radius 3 is 2.67 bits per heavy atom. The molecule has 2 aliphatic rings. The number of ether oxygens (including phenoxy) is 3. The van der Waals surface area contributed by atoms with Crippen molar-refractivity contribution in [2.45, 2.75) is 25.3 Å². The monoisotopic (exact) mass is 373 g/mol. The predicted octanol–water partition coefficient (Wildman–Crippen LogP) is 3.76. The lowest BCUT2D eigenvalue weighted by molar-refractivity contribution is -0.438. The maximum Gasteiger partial charge on any atom is 0.231 e. The average Bonchev–Trinajstić information content (AvgIpc) is 3.34. The summed E-state index contributed by atoms with van der Waals surface area (Å²) in [5, 5.41) is 12.1. The molecule has 1 fully saturated rings. The second-order valence-electron chi connectivity index (χ2n) is 6.72. The van der Waals surface area contributed by atoms with E-state index in [1.807, 2.05) is 12.1 Å². The van der Waals surface area contributed by atoms with Crippen molar-refractivity contribution in [3.05, 3.63) is 47.5 Å². The number of methoxy groups -OCH3 is 1. The van der Waals surface area contributed by atoms with E-state index in [4.69, 9.17) is 19.5 Å². The molecule has 2 atom stereocenters. The zero-order valence-corrected chi connectivity index (χ0v) is 15.4. The largest absolute Gasteiger partial charge is 0.493 e. The molecule has 0 amide bonds. The van der Waals surface area contributed by atoms with Crippen LogP contribution in [-0.4, -0.2) is 37.1 Å². The predicted molar refractivity (Wildman–Crippen MR) is 97.2 cm³/mol. The molecule has 0 aliphatic carbocycles. The van der Waals surface area contributed by atoms with Gasteiger partial charge in [-0.1, -0.05) is 19.1 Å². The maximum atomic E-state index is 8.39. The van der Waals surface area contributed by atoms with Gasteiger partial charge in [0.25, 0.3) is 0 Å². The number of likely N-dealkylation sites (tertiary alicyclic amines) is 1. The smallest absolute Gasteiger partial charge is 0.231 e. The van der Waals surface area contributed by atoms with E-state index in [-0.39, 0.29) is 6.79 Å². The maximum absolute atomic E-state index is 8.39. The molecule has 0 spiro atoms. The molecule has 2 aromatic rings. The van der Waals surface area contributed by atoms with Crippen LogP contribution in [0.15, 0.2) is 36.4 Å². The van der Waals surface area contributed by atoms with E-state index >= 15 is 0 Å². The number of likely N-dealkylation sites (N-methyl/N-ethyl adjacent to an activating group) is 1. The van der Waals surface area contributed by atoms with Crippen LogP contribution in [0.2, 0.25) is 0 Å². The fourth-order valence-corrected chi connectivity index (χ4v) is 4.02.